The molecule has 0 saturated carbocycles. The molecule has 0 aromatic carbocycles. The first-order chi connectivity index (χ1) is 24.0. The van der Waals surface area contributed by atoms with Crippen molar-refractivity contribution < 1.29 is 42.1 Å². The summed E-state index contributed by atoms with van der Waals surface area (Å²) in [4.78, 5) is 37.3. The molecule has 0 radical (unpaired) electrons. The molecule has 0 aromatic rings. The third-order valence-electron chi connectivity index (χ3n) is 8.47. The van der Waals surface area contributed by atoms with Gasteiger partial charge in [0, 0.05) is 12.8 Å². The van der Waals surface area contributed by atoms with E-state index in [1.807, 2.05) is 21.1 Å². The van der Waals surface area contributed by atoms with Crippen molar-refractivity contribution in [2.75, 3.05) is 47.5 Å². The molecule has 0 saturated heterocycles. The van der Waals surface area contributed by atoms with Crippen LogP contribution in [0.1, 0.15) is 168 Å². The topological polar surface area (TPSA) is 111 Å². The van der Waals surface area contributed by atoms with Crippen LogP contribution in [0.3, 0.4) is 0 Å². The first kappa shape index (κ1) is 48.5. The molecule has 0 aromatic heterocycles. The van der Waals surface area contributed by atoms with E-state index < -0.39 is 26.5 Å². The van der Waals surface area contributed by atoms with Crippen LogP contribution in [-0.2, 0) is 32.7 Å². The van der Waals surface area contributed by atoms with Gasteiger partial charge < -0.3 is 27.9 Å². The van der Waals surface area contributed by atoms with Gasteiger partial charge in [-0.3, -0.25) is 14.2 Å². The fourth-order valence-corrected chi connectivity index (χ4v) is 5.99. The van der Waals surface area contributed by atoms with Crippen molar-refractivity contribution in [3.8, 4) is 0 Å². The number of likely N-dealkylation sites (N-methyl/N-ethyl adjacent to an activating group) is 1. The zero-order chi connectivity index (χ0) is 37.2. The molecule has 50 heavy (non-hydrogen) atoms. The van der Waals surface area contributed by atoms with Gasteiger partial charge in [0.15, 0.2) is 6.10 Å². The quantitative estimate of drug-likeness (QED) is 0.0206. The van der Waals surface area contributed by atoms with Gasteiger partial charge in [-0.2, -0.15) is 0 Å². The van der Waals surface area contributed by atoms with E-state index in [9.17, 15) is 19.0 Å². The molecular weight excluding hydrogens is 653 g/mol. The lowest BCUT2D eigenvalue weighted by Crippen LogP contribution is -2.37. The number of hydrogen-bond acceptors (Lipinski definition) is 8. The maximum Gasteiger partial charge on any atom is 0.306 e. The minimum absolute atomic E-state index is 0.0322. The number of hydrogen-bond donors (Lipinski definition) is 0. The molecule has 0 aliphatic carbocycles. The second kappa shape index (κ2) is 33.3. The molecule has 0 aliphatic heterocycles. The largest absolute Gasteiger partial charge is 0.756 e. The van der Waals surface area contributed by atoms with Crippen LogP contribution in [0.4, 0.5) is 0 Å². The van der Waals surface area contributed by atoms with E-state index in [1.165, 1.54) is 70.6 Å². The molecule has 2 atom stereocenters. The zero-order valence-electron chi connectivity index (χ0n) is 32.8. The Bertz CT molecular complexity index is 918. The summed E-state index contributed by atoms with van der Waals surface area (Å²) in [6.07, 6.45) is 33.4. The van der Waals surface area contributed by atoms with Gasteiger partial charge in [-0.25, -0.2) is 0 Å². The molecule has 9 nitrogen and oxygen atoms in total. The van der Waals surface area contributed by atoms with Crippen LogP contribution in [-0.4, -0.2) is 70.0 Å². The van der Waals surface area contributed by atoms with Gasteiger partial charge in [0.2, 0.25) is 0 Å². The number of rotatable bonds is 36. The zero-order valence-corrected chi connectivity index (χ0v) is 33.7. The second-order valence-corrected chi connectivity index (χ2v) is 16.1. The van der Waals surface area contributed by atoms with Crippen molar-refractivity contribution in [3.05, 3.63) is 24.3 Å². The van der Waals surface area contributed by atoms with Gasteiger partial charge in [-0.15, -0.1) is 0 Å². The Morgan fingerprint density at radius 1 is 0.620 bits per heavy atom. The Morgan fingerprint density at radius 2 is 1.10 bits per heavy atom. The van der Waals surface area contributed by atoms with Crippen LogP contribution in [0.2, 0.25) is 0 Å². The van der Waals surface area contributed by atoms with E-state index in [1.54, 1.807) is 0 Å². The van der Waals surface area contributed by atoms with Crippen LogP contribution in [0, 0.1) is 0 Å². The molecule has 0 heterocycles. The second-order valence-electron chi connectivity index (χ2n) is 14.7. The number of carbonyl (C=O) groups is 2. The van der Waals surface area contributed by atoms with Crippen LogP contribution in [0.5, 0.6) is 0 Å². The summed E-state index contributed by atoms with van der Waals surface area (Å²) >= 11 is 0. The average molecular weight is 730 g/mol. The van der Waals surface area contributed by atoms with E-state index in [0.29, 0.717) is 17.4 Å². The highest BCUT2D eigenvalue weighted by Gasteiger charge is 2.21. The molecular formula is C40H76NO8P. The van der Waals surface area contributed by atoms with E-state index in [0.717, 1.165) is 64.2 Å². The van der Waals surface area contributed by atoms with Gasteiger partial charge in [0.25, 0.3) is 7.82 Å². The molecule has 0 aliphatic rings. The summed E-state index contributed by atoms with van der Waals surface area (Å²) in [5.41, 5.74) is 0. The third kappa shape index (κ3) is 36.3. The average Bonchev–Trinajstić information content (AvgIpc) is 3.06. The van der Waals surface area contributed by atoms with Crippen molar-refractivity contribution >= 4 is 19.8 Å². The first-order valence-electron chi connectivity index (χ1n) is 20.0. The van der Waals surface area contributed by atoms with Crippen LogP contribution in [0.15, 0.2) is 24.3 Å². The summed E-state index contributed by atoms with van der Waals surface area (Å²) in [5, 5.41) is 0. The number of allylic oxidation sites excluding steroid dienone is 4. The highest BCUT2D eigenvalue weighted by atomic mass is 31.2. The Labute approximate surface area is 307 Å². The van der Waals surface area contributed by atoms with Crippen molar-refractivity contribution in [2.45, 2.75) is 174 Å². The van der Waals surface area contributed by atoms with E-state index >= 15 is 0 Å². The van der Waals surface area contributed by atoms with E-state index in [2.05, 4.69) is 38.2 Å². The number of esters is 2. The Balaban J connectivity index is 4.44. The smallest absolute Gasteiger partial charge is 0.306 e. The Hall–Kier alpha value is -1.51. The monoisotopic (exact) mass is 730 g/mol. The van der Waals surface area contributed by atoms with Gasteiger partial charge >= 0.3 is 11.9 Å². The van der Waals surface area contributed by atoms with Crippen molar-refractivity contribution in [3.63, 3.8) is 0 Å². The van der Waals surface area contributed by atoms with Crippen LogP contribution in [0.25, 0.3) is 0 Å². The maximum atomic E-state index is 12.6. The van der Waals surface area contributed by atoms with Crippen LogP contribution >= 0.6 is 7.82 Å². The summed E-state index contributed by atoms with van der Waals surface area (Å²) in [6, 6.07) is 0. The van der Waals surface area contributed by atoms with E-state index in [-0.39, 0.29) is 32.0 Å². The van der Waals surface area contributed by atoms with Crippen molar-refractivity contribution in [2.24, 2.45) is 0 Å². The molecule has 0 amide bonds. The number of carbonyl (C=O) groups excluding carboxylic acids is 2. The SMILES string of the molecule is CCCC/C=C/C/C=C/CCCCCCCC(=O)O[C@H](COC(=O)CCCCCCCCCCCCCC)COP(=O)([O-])OCC[N+](C)(C)C. The molecule has 0 spiro atoms. The fourth-order valence-electron chi connectivity index (χ4n) is 5.26. The maximum absolute atomic E-state index is 12.6. The summed E-state index contributed by atoms with van der Waals surface area (Å²) < 4.78 is 33.8. The van der Waals surface area contributed by atoms with Gasteiger partial charge in [-0.05, 0) is 38.5 Å². The highest BCUT2D eigenvalue weighted by molar-refractivity contribution is 7.45. The van der Waals surface area contributed by atoms with Gasteiger partial charge in [-0.1, -0.05) is 141 Å². The number of nitrogens with zero attached hydrogens (tertiary/aromatic N) is 1. The summed E-state index contributed by atoms with van der Waals surface area (Å²) in [7, 11) is 1.16. The number of unbranched alkanes of at least 4 members (excludes halogenated alkanes) is 18. The molecule has 0 rings (SSSR count). The normalized spacial score (nSPS) is 14.0. The first-order valence-corrected chi connectivity index (χ1v) is 21.5. The fraction of sp³-hybridized carbons (Fsp3) is 0.850. The minimum Gasteiger partial charge on any atom is -0.756 e. The molecule has 1 unspecified atom stereocenters. The van der Waals surface area contributed by atoms with Crippen molar-refractivity contribution in [1.29, 1.82) is 0 Å². The lowest BCUT2D eigenvalue weighted by molar-refractivity contribution is -0.870. The lowest BCUT2D eigenvalue weighted by atomic mass is 10.0. The van der Waals surface area contributed by atoms with Crippen LogP contribution < -0.4 is 4.89 Å². The molecule has 294 valence electrons. The standard InChI is InChI=1S/C40H76NO8P/c1-6-8-10-12-14-16-18-20-21-23-25-27-29-31-33-40(43)49-38(37-48-50(44,45)47-35-34-41(3,4)5)36-46-39(42)32-30-28-26-24-22-19-17-15-13-11-9-7-2/h12,14,18,20,38H,6-11,13,15-17,19,21-37H2,1-5H3/b14-12+,20-18+/t38-/m1/s1. The minimum atomic E-state index is -4.62. The number of phosphoric ester groups is 1. The molecule has 10 heteroatoms. The molecule has 0 bridgehead atoms. The Kier molecular flexibility index (Phi) is 32.3. The third-order valence-corrected chi connectivity index (χ3v) is 9.44. The van der Waals surface area contributed by atoms with Crippen molar-refractivity contribution in [1.82, 2.24) is 0 Å². The molecule has 0 fully saturated rings. The number of phosphoric acid groups is 1. The Morgan fingerprint density at radius 3 is 1.64 bits per heavy atom. The summed E-state index contributed by atoms with van der Waals surface area (Å²) in [6.45, 7) is 4.16. The number of quaternary nitrogens is 1. The highest BCUT2D eigenvalue weighted by Crippen LogP contribution is 2.38. The lowest BCUT2D eigenvalue weighted by Gasteiger charge is -2.28. The number of ether oxygens (including phenoxy) is 2. The predicted molar refractivity (Wildman–Crippen MR) is 204 cm³/mol. The van der Waals surface area contributed by atoms with E-state index in [4.69, 9.17) is 18.5 Å². The van der Waals surface area contributed by atoms with Gasteiger partial charge in [0.1, 0.15) is 19.8 Å². The van der Waals surface area contributed by atoms with Gasteiger partial charge in [0.05, 0.1) is 27.7 Å². The summed E-state index contributed by atoms with van der Waals surface area (Å²) in [5.74, 6) is -0.849. The molecule has 0 N–H and O–H groups in total. The predicted octanol–water partition coefficient (Wildman–Crippen LogP) is 10.2.